The molecule has 0 spiro atoms. The van der Waals surface area contributed by atoms with Crippen LogP contribution in [0.4, 0.5) is 11.5 Å². The molecule has 2 aliphatic rings. The Hall–Kier alpha value is -5.37. The molecule has 0 aliphatic carbocycles. The largest absolute Gasteiger partial charge is 0.496 e. The van der Waals surface area contributed by atoms with Crippen molar-refractivity contribution in [2.75, 3.05) is 43.1 Å². The molecule has 45 heavy (non-hydrogen) atoms. The van der Waals surface area contributed by atoms with Crippen molar-refractivity contribution >= 4 is 23.3 Å². The van der Waals surface area contributed by atoms with Crippen molar-refractivity contribution in [1.82, 2.24) is 14.5 Å². The van der Waals surface area contributed by atoms with Crippen LogP contribution < -0.4 is 14.5 Å². The van der Waals surface area contributed by atoms with E-state index in [1.165, 1.54) is 0 Å². The van der Waals surface area contributed by atoms with Gasteiger partial charge in [0.1, 0.15) is 17.3 Å². The van der Waals surface area contributed by atoms with E-state index in [4.69, 9.17) is 4.74 Å². The fraction of sp³-hybridized carbons (Fsp3) is 0.216. The minimum Gasteiger partial charge on any atom is -0.496 e. The van der Waals surface area contributed by atoms with Crippen LogP contribution in [-0.4, -0.2) is 59.6 Å². The Morgan fingerprint density at radius 1 is 0.756 bits per heavy atom. The van der Waals surface area contributed by atoms with Crippen molar-refractivity contribution in [3.05, 3.63) is 131 Å². The number of amides is 2. The second-order valence-electron chi connectivity index (χ2n) is 11.5. The number of carbonyl (C=O) groups is 2. The number of rotatable bonds is 5. The summed E-state index contributed by atoms with van der Waals surface area (Å²) in [5.41, 5.74) is 7.08. The highest BCUT2D eigenvalue weighted by atomic mass is 16.5. The first-order chi connectivity index (χ1) is 22.0. The number of hydrogen-bond donors (Lipinski definition) is 0. The third-order valence-corrected chi connectivity index (χ3v) is 8.89. The molecule has 0 bridgehead atoms. The van der Waals surface area contributed by atoms with Gasteiger partial charge in [0.05, 0.1) is 20.2 Å². The van der Waals surface area contributed by atoms with Crippen LogP contribution in [0.5, 0.6) is 5.75 Å². The van der Waals surface area contributed by atoms with Crippen LogP contribution >= 0.6 is 0 Å². The van der Waals surface area contributed by atoms with E-state index in [0.717, 1.165) is 52.5 Å². The van der Waals surface area contributed by atoms with Crippen LogP contribution in [0.25, 0.3) is 11.1 Å². The average Bonchev–Trinajstić information content (AvgIpc) is 3.40. The Kier molecular flexibility index (Phi) is 7.55. The zero-order valence-electron chi connectivity index (χ0n) is 25.5. The molecule has 0 unspecified atom stereocenters. The van der Waals surface area contributed by atoms with E-state index in [9.17, 15) is 9.59 Å². The number of ether oxygens (including phenoxy) is 1. The van der Waals surface area contributed by atoms with Crippen LogP contribution in [0.3, 0.4) is 0 Å². The van der Waals surface area contributed by atoms with Crippen LogP contribution in [0.1, 0.15) is 37.7 Å². The summed E-state index contributed by atoms with van der Waals surface area (Å²) in [4.78, 5) is 38.5. The van der Waals surface area contributed by atoms with Gasteiger partial charge in [0, 0.05) is 54.9 Å². The molecule has 226 valence electrons. The lowest BCUT2D eigenvalue weighted by atomic mass is 9.98. The molecule has 5 aromatic rings. The van der Waals surface area contributed by atoms with Gasteiger partial charge in [0.25, 0.3) is 11.8 Å². The van der Waals surface area contributed by atoms with E-state index in [1.54, 1.807) is 13.3 Å². The van der Waals surface area contributed by atoms with Gasteiger partial charge in [-0.1, -0.05) is 48.5 Å². The summed E-state index contributed by atoms with van der Waals surface area (Å²) in [5.74, 6) is 1.48. The third-order valence-electron chi connectivity index (χ3n) is 8.89. The van der Waals surface area contributed by atoms with Crippen molar-refractivity contribution in [2.24, 2.45) is 0 Å². The minimum atomic E-state index is -0.120. The number of pyridine rings is 1. The number of aryl methyl sites for hydroxylation is 1. The third kappa shape index (κ3) is 5.33. The maximum Gasteiger partial charge on any atom is 0.270 e. The number of para-hydroxylation sites is 1. The fourth-order valence-corrected chi connectivity index (χ4v) is 6.45. The van der Waals surface area contributed by atoms with E-state index in [0.29, 0.717) is 43.2 Å². The fourth-order valence-electron chi connectivity index (χ4n) is 6.45. The van der Waals surface area contributed by atoms with E-state index in [2.05, 4.69) is 33.5 Å². The normalized spacial score (nSPS) is 14.4. The zero-order valence-corrected chi connectivity index (χ0v) is 25.5. The van der Waals surface area contributed by atoms with Gasteiger partial charge >= 0.3 is 0 Å². The second kappa shape index (κ2) is 12.0. The Morgan fingerprint density at radius 2 is 1.53 bits per heavy atom. The smallest absolute Gasteiger partial charge is 0.270 e. The maximum atomic E-state index is 14.2. The molecule has 4 heterocycles. The topological polar surface area (TPSA) is 70.9 Å². The van der Waals surface area contributed by atoms with Crippen molar-refractivity contribution in [3.8, 4) is 16.9 Å². The van der Waals surface area contributed by atoms with Crippen LogP contribution in [0.2, 0.25) is 0 Å². The molecular formula is C37H35N5O3. The predicted octanol–water partition coefficient (Wildman–Crippen LogP) is 6.04. The standard InChI is InChI=1S/C37H35N5O3/c1-26-9-3-5-11-30(26)31-16-14-27(23-34(31)45-2)36(43)42-25-29-15-17-33(41(29)24-28-10-4-6-12-32(28)42)37(44)40-21-19-39(20-22-40)35-13-7-8-18-38-35/h3-18,23H,19-22,24-25H2,1-2H3. The lowest BCUT2D eigenvalue weighted by Gasteiger charge is -2.35. The number of aromatic nitrogens is 2. The van der Waals surface area contributed by atoms with Gasteiger partial charge in [-0.2, -0.15) is 0 Å². The molecule has 0 atom stereocenters. The summed E-state index contributed by atoms with van der Waals surface area (Å²) in [6.07, 6.45) is 1.80. The molecule has 0 radical (unpaired) electrons. The highest BCUT2D eigenvalue weighted by Gasteiger charge is 2.30. The molecular weight excluding hydrogens is 562 g/mol. The number of hydrogen-bond acceptors (Lipinski definition) is 5. The Bertz CT molecular complexity index is 1870. The van der Waals surface area contributed by atoms with Gasteiger partial charge in [-0.05, 0) is 72.1 Å². The van der Waals surface area contributed by atoms with E-state index in [-0.39, 0.29) is 11.8 Å². The zero-order chi connectivity index (χ0) is 30.9. The molecule has 2 aromatic heterocycles. The predicted molar refractivity (Wildman–Crippen MR) is 176 cm³/mol. The highest BCUT2D eigenvalue weighted by Crippen LogP contribution is 2.35. The Labute approximate surface area is 263 Å². The number of benzene rings is 3. The van der Waals surface area contributed by atoms with Crippen molar-refractivity contribution < 1.29 is 14.3 Å². The molecule has 2 aliphatic heterocycles. The van der Waals surface area contributed by atoms with E-state index in [1.807, 2.05) is 94.7 Å². The molecule has 1 fully saturated rings. The molecule has 8 nitrogen and oxygen atoms in total. The number of carbonyl (C=O) groups excluding carboxylic acids is 2. The van der Waals surface area contributed by atoms with Crippen molar-refractivity contribution in [1.29, 1.82) is 0 Å². The van der Waals surface area contributed by atoms with Crippen molar-refractivity contribution in [3.63, 3.8) is 0 Å². The van der Waals surface area contributed by atoms with Gasteiger partial charge in [-0.25, -0.2) is 4.98 Å². The lowest BCUT2D eigenvalue weighted by molar-refractivity contribution is 0.0735. The van der Waals surface area contributed by atoms with Crippen LogP contribution in [0, 0.1) is 6.92 Å². The first-order valence-corrected chi connectivity index (χ1v) is 15.3. The minimum absolute atomic E-state index is 0.00992. The second-order valence-corrected chi connectivity index (χ2v) is 11.5. The number of nitrogens with zero attached hydrogens (tertiary/aromatic N) is 5. The monoisotopic (exact) mass is 597 g/mol. The molecule has 1 saturated heterocycles. The van der Waals surface area contributed by atoms with E-state index < -0.39 is 0 Å². The molecule has 0 saturated carbocycles. The first kappa shape index (κ1) is 28.4. The van der Waals surface area contributed by atoms with Gasteiger partial charge in [-0.3, -0.25) is 9.59 Å². The summed E-state index contributed by atoms with van der Waals surface area (Å²) in [6, 6.07) is 31.5. The summed E-state index contributed by atoms with van der Waals surface area (Å²) < 4.78 is 7.85. The van der Waals surface area contributed by atoms with Crippen molar-refractivity contribution in [2.45, 2.75) is 20.0 Å². The summed E-state index contributed by atoms with van der Waals surface area (Å²) >= 11 is 0. The molecule has 2 amide bonds. The number of anilines is 2. The maximum absolute atomic E-state index is 14.2. The van der Waals surface area contributed by atoms with Crippen LogP contribution in [0.15, 0.2) is 103 Å². The SMILES string of the molecule is COc1cc(C(=O)N2Cc3ccc(C(=O)N4CCN(c5ccccn5)CC4)n3Cc3ccccc32)ccc1-c1ccccc1C. The first-order valence-electron chi connectivity index (χ1n) is 15.3. The Balaban J connectivity index is 1.16. The lowest BCUT2D eigenvalue weighted by Crippen LogP contribution is -2.49. The highest BCUT2D eigenvalue weighted by molar-refractivity contribution is 6.07. The van der Waals surface area contributed by atoms with Crippen LogP contribution in [-0.2, 0) is 13.1 Å². The molecule has 3 aromatic carbocycles. The summed E-state index contributed by atoms with van der Waals surface area (Å²) in [7, 11) is 1.64. The van der Waals surface area contributed by atoms with Gasteiger partial charge in [-0.15, -0.1) is 0 Å². The quantitative estimate of drug-likeness (QED) is 0.247. The van der Waals surface area contributed by atoms with E-state index >= 15 is 0 Å². The Morgan fingerprint density at radius 3 is 2.31 bits per heavy atom. The van der Waals surface area contributed by atoms with Gasteiger partial charge in [0.2, 0.25) is 0 Å². The van der Waals surface area contributed by atoms with Gasteiger partial charge < -0.3 is 24.0 Å². The molecule has 8 heteroatoms. The molecule has 0 N–H and O–H groups in total. The van der Waals surface area contributed by atoms with Gasteiger partial charge in [0.15, 0.2) is 0 Å². The number of methoxy groups -OCH3 is 1. The number of fused-ring (bicyclic) bond motifs is 2. The number of piperazine rings is 1. The average molecular weight is 598 g/mol. The molecule has 7 rings (SSSR count). The summed E-state index contributed by atoms with van der Waals surface area (Å²) in [6.45, 7) is 5.62. The summed E-state index contributed by atoms with van der Waals surface area (Å²) in [5, 5.41) is 0.